The highest BCUT2D eigenvalue weighted by Crippen LogP contribution is 2.31. The van der Waals surface area contributed by atoms with Gasteiger partial charge < -0.3 is 15.6 Å². The molecular formula is C17H23ClN4O2. The van der Waals surface area contributed by atoms with Crippen LogP contribution in [-0.4, -0.2) is 42.1 Å². The number of likely N-dealkylation sites (tertiary alicyclic amines) is 1. The van der Waals surface area contributed by atoms with Gasteiger partial charge in [0.05, 0.1) is 6.54 Å². The van der Waals surface area contributed by atoms with Crippen LogP contribution < -0.4 is 11.1 Å². The number of aryl methyl sites for hydroxylation is 1. The lowest BCUT2D eigenvalue weighted by atomic mass is 9.89. The molecule has 1 amide bonds. The molecule has 2 heterocycles. The van der Waals surface area contributed by atoms with E-state index in [2.05, 4.69) is 27.5 Å². The van der Waals surface area contributed by atoms with E-state index in [4.69, 9.17) is 10.3 Å². The summed E-state index contributed by atoms with van der Waals surface area (Å²) < 4.78 is 4.95. The predicted molar refractivity (Wildman–Crippen MR) is 95.3 cm³/mol. The van der Waals surface area contributed by atoms with E-state index in [1.165, 1.54) is 5.56 Å². The molecule has 0 spiro atoms. The first-order valence-electron chi connectivity index (χ1n) is 7.86. The number of amides is 1. The Kier molecular flexibility index (Phi) is 6.36. The number of hydrogen-bond acceptors (Lipinski definition) is 5. The zero-order chi connectivity index (χ0) is 16.2. The van der Waals surface area contributed by atoms with Crippen molar-refractivity contribution in [2.75, 3.05) is 31.5 Å². The van der Waals surface area contributed by atoms with Crippen molar-refractivity contribution in [2.24, 2.45) is 11.7 Å². The minimum absolute atomic E-state index is 0. The highest BCUT2D eigenvalue weighted by atomic mass is 35.5. The first-order valence-corrected chi connectivity index (χ1v) is 7.86. The summed E-state index contributed by atoms with van der Waals surface area (Å²) in [6.45, 7) is 4.43. The minimum atomic E-state index is -0.0808. The van der Waals surface area contributed by atoms with Crippen LogP contribution in [0, 0.1) is 12.8 Å². The molecule has 0 saturated carbocycles. The molecule has 0 aliphatic carbocycles. The van der Waals surface area contributed by atoms with Gasteiger partial charge in [0.2, 0.25) is 5.91 Å². The molecule has 0 unspecified atom stereocenters. The van der Waals surface area contributed by atoms with E-state index in [1.807, 2.05) is 18.2 Å². The fourth-order valence-electron chi connectivity index (χ4n) is 3.22. The Hall–Kier alpha value is -1.89. The number of hydrogen-bond donors (Lipinski definition) is 2. The molecule has 0 radical (unpaired) electrons. The van der Waals surface area contributed by atoms with E-state index in [0.29, 0.717) is 36.5 Å². The number of nitrogens with two attached hydrogens (primary N) is 1. The van der Waals surface area contributed by atoms with Crippen molar-refractivity contribution in [3.05, 3.63) is 47.7 Å². The fourth-order valence-corrected chi connectivity index (χ4v) is 3.22. The highest BCUT2D eigenvalue weighted by Gasteiger charge is 2.33. The van der Waals surface area contributed by atoms with Crippen molar-refractivity contribution in [3.8, 4) is 0 Å². The van der Waals surface area contributed by atoms with Gasteiger partial charge in [-0.05, 0) is 24.9 Å². The van der Waals surface area contributed by atoms with E-state index in [1.54, 1.807) is 13.0 Å². The normalized spacial score (nSPS) is 20.6. The molecule has 3 rings (SSSR count). The molecule has 1 saturated heterocycles. The molecule has 2 atom stereocenters. The molecule has 1 aromatic carbocycles. The van der Waals surface area contributed by atoms with Gasteiger partial charge in [-0.25, -0.2) is 0 Å². The molecule has 6 nitrogen and oxygen atoms in total. The van der Waals surface area contributed by atoms with Crippen LogP contribution in [0.15, 0.2) is 40.9 Å². The number of nitrogens with zero attached hydrogens (tertiary/aromatic N) is 2. The number of nitrogens with one attached hydrogen (secondary N) is 1. The van der Waals surface area contributed by atoms with Gasteiger partial charge in [0, 0.05) is 25.1 Å². The van der Waals surface area contributed by atoms with Gasteiger partial charge in [-0.15, -0.1) is 12.4 Å². The molecule has 1 aliphatic rings. The lowest BCUT2D eigenvalue weighted by Crippen LogP contribution is -2.32. The third-order valence-corrected chi connectivity index (χ3v) is 4.31. The summed E-state index contributed by atoms with van der Waals surface area (Å²) in [7, 11) is 0. The molecule has 1 aromatic heterocycles. The first kappa shape index (κ1) is 18.4. The number of aromatic nitrogens is 1. The third kappa shape index (κ3) is 4.35. The number of carbonyl (C=O) groups is 1. The SMILES string of the molecule is Cc1cc(NC(=O)CN2C[C@@H](CN)[C@H](c3ccccc3)C2)no1.Cl. The topological polar surface area (TPSA) is 84.4 Å². The van der Waals surface area contributed by atoms with E-state index in [-0.39, 0.29) is 18.3 Å². The molecule has 24 heavy (non-hydrogen) atoms. The number of carbonyl (C=O) groups excluding carboxylic acids is 1. The average molecular weight is 351 g/mol. The van der Waals surface area contributed by atoms with Crippen molar-refractivity contribution in [1.82, 2.24) is 10.1 Å². The monoisotopic (exact) mass is 350 g/mol. The van der Waals surface area contributed by atoms with Crippen LogP contribution in [-0.2, 0) is 4.79 Å². The van der Waals surface area contributed by atoms with Crippen LogP contribution in [0.4, 0.5) is 5.82 Å². The molecule has 3 N–H and O–H groups in total. The van der Waals surface area contributed by atoms with Gasteiger partial charge >= 0.3 is 0 Å². The lowest BCUT2D eigenvalue weighted by molar-refractivity contribution is -0.117. The van der Waals surface area contributed by atoms with Crippen molar-refractivity contribution in [1.29, 1.82) is 0 Å². The van der Waals surface area contributed by atoms with E-state index >= 15 is 0 Å². The van der Waals surface area contributed by atoms with Gasteiger partial charge in [-0.3, -0.25) is 9.69 Å². The Morgan fingerprint density at radius 3 is 2.75 bits per heavy atom. The molecular weight excluding hydrogens is 328 g/mol. The van der Waals surface area contributed by atoms with Crippen molar-refractivity contribution < 1.29 is 9.32 Å². The molecule has 130 valence electrons. The molecule has 1 fully saturated rings. The standard InChI is InChI=1S/C17H22N4O2.ClH/c1-12-7-16(20-23-12)19-17(22)11-21-9-14(8-18)15(10-21)13-5-3-2-4-6-13;/h2-7,14-15H,8-11,18H2,1H3,(H,19,20,22);1H/t14-,15+;/m1./s1. The van der Waals surface area contributed by atoms with Gasteiger partial charge in [-0.2, -0.15) is 0 Å². The Balaban J connectivity index is 0.00000208. The van der Waals surface area contributed by atoms with Crippen LogP contribution in [0.25, 0.3) is 0 Å². The number of benzene rings is 1. The number of anilines is 1. The summed E-state index contributed by atoms with van der Waals surface area (Å²) in [5.41, 5.74) is 7.22. The Labute approximate surface area is 147 Å². The summed E-state index contributed by atoms with van der Waals surface area (Å²) in [5, 5.41) is 6.54. The summed E-state index contributed by atoms with van der Waals surface area (Å²) in [6, 6.07) is 12.1. The summed E-state index contributed by atoms with van der Waals surface area (Å²) in [6.07, 6.45) is 0. The van der Waals surface area contributed by atoms with Crippen LogP contribution in [0.5, 0.6) is 0 Å². The van der Waals surface area contributed by atoms with Gasteiger partial charge in [0.25, 0.3) is 0 Å². The molecule has 1 aliphatic heterocycles. The fraction of sp³-hybridized carbons (Fsp3) is 0.412. The van der Waals surface area contributed by atoms with Crippen molar-refractivity contribution in [3.63, 3.8) is 0 Å². The predicted octanol–water partition coefficient (Wildman–Crippen LogP) is 2.02. The Bertz CT molecular complexity index is 662. The second kappa shape index (κ2) is 8.28. The second-order valence-corrected chi connectivity index (χ2v) is 6.08. The van der Waals surface area contributed by atoms with E-state index < -0.39 is 0 Å². The highest BCUT2D eigenvalue weighted by molar-refractivity contribution is 5.91. The summed E-state index contributed by atoms with van der Waals surface area (Å²) >= 11 is 0. The lowest BCUT2D eigenvalue weighted by Gasteiger charge is -2.16. The van der Waals surface area contributed by atoms with Crippen LogP contribution >= 0.6 is 12.4 Å². The summed E-state index contributed by atoms with van der Waals surface area (Å²) in [4.78, 5) is 14.3. The van der Waals surface area contributed by atoms with Crippen molar-refractivity contribution in [2.45, 2.75) is 12.8 Å². The van der Waals surface area contributed by atoms with E-state index in [9.17, 15) is 4.79 Å². The second-order valence-electron chi connectivity index (χ2n) is 6.08. The van der Waals surface area contributed by atoms with Crippen LogP contribution in [0.1, 0.15) is 17.2 Å². The maximum absolute atomic E-state index is 12.2. The Morgan fingerprint density at radius 2 is 2.12 bits per heavy atom. The average Bonchev–Trinajstić information content (AvgIpc) is 3.14. The number of halogens is 1. The van der Waals surface area contributed by atoms with Gasteiger partial charge in [0.1, 0.15) is 5.76 Å². The maximum atomic E-state index is 12.2. The van der Waals surface area contributed by atoms with Crippen LogP contribution in [0.2, 0.25) is 0 Å². The van der Waals surface area contributed by atoms with Crippen molar-refractivity contribution >= 4 is 24.1 Å². The smallest absolute Gasteiger partial charge is 0.239 e. The quantitative estimate of drug-likeness (QED) is 0.861. The molecule has 2 aromatic rings. The third-order valence-electron chi connectivity index (χ3n) is 4.31. The Morgan fingerprint density at radius 1 is 1.38 bits per heavy atom. The van der Waals surface area contributed by atoms with Gasteiger partial charge in [0.15, 0.2) is 5.82 Å². The first-order chi connectivity index (χ1) is 11.2. The zero-order valence-electron chi connectivity index (χ0n) is 13.6. The van der Waals surface area contributed by atoms with Crippen LogP contribution in [0.3, 0.4) is 0 Å². The molecule has 7 heteroatoms. The maximum Gasteiger partial charge on any atom is 0.239 e. The van der Waals surface area contributed by atoms with Gasteiger partial charge in [-0.1, -0.05) is 35.5 Å². The number of rotatable bonds is 5. The van der Waals surface area contributed by atoms with E-state index in [0.717, 1.165) is 13.1 Å². The summed E-state index contributed by atoms with van der Waals surface area (Å²) in [5.74, 6) is 1.81. The zero-order valence-corrected chi connectivity index (χ0v) is 14.5. The minimum Gasteiger partial charge on any atom is -0.360 e. The largest absolute Gasteiger partial charge is 0.360 e. The molecule has 0 bridgehead atoms.